The molecule has 2 N–H and O–H groups in total. The first-order chi connectivity index (χ1) is 13.1. The molecule has 0 aliphatic carbocycles. The Labute approximate surface area is 158 Å². The minimum absolute atomic E-state index is 0.00849. The molecule has 4 rings (SSSR count). The molecule has 3 heterocycles. The first kappa shape index (κ1) is 17.4. The predicted octanol–water partition coefficient (Wildman–Crippen LogP) is 3.21. The Morgan fingerprint density at radius 1 is 1.15 bits per heavy atom. The number of nitrogen functional groups attached to an aromatic ring is 1. The molecule has 1 saturated heterocycles. The fourth-order valence-electron chi connectivity index (χ4n) is 3.76. The van der Waals surface area contributed by atoms with Crippen LogP contribution in [0, 0.1) is 6.92 Å². The van der Waals surface area contributed by atoms with E-state index in [0.717, 1.165) is 36.9 Å². The summed E-state index contributed by atoms with van der Waals surface area (Å²) >= 11 is 0. The molecule has 138 valence electrons. The fraction of sp³-hybridized carbons (Fsp3) is 0.333. The number of carbonyl (C=O) groups is 1. The maximum atomic E-state index is 12.8. The molecule has 0 saturated carbocycles. The zero-order valence-electron chi connectivity index (χ0n) is 15.4. The van der Waals surface area contributed by atoms with Crippen LogP contribution >= 0.6 is 0 Å². The summed E-state index contributed by atoms with van der Waals surface area (Å²) in [7, 11) is 0. The summed E-state index contributed by atoms with van der Waals surface area (Å²) in [6.07, 6.45) is 3.20. The van der Waals surface area contributed by atoms with Crippen molar-refractivity contribution in [3.05, 3.63) is 59.5 Å². The summed E-state index contributed by atoms with van der Waals surface area (Å²) in [5.74, 6) is 1.23. The van der Waals surface area contributed by atoms with Crippen molar-refractivity contribution in [2.45, 2.75) is 38.6 Å². The lowest BCUT2D eigenvalue weighted by molar-refractivity contribution is -0.132. The van der Waals surface area contributed by atoms with Crippen LogP contribution in [0.5, 0.6) is 0 Å². The van der Waals surface area contributed by atoms with Gasteiger partial charge in [0.05, 0.1) is 17.1 Å². The maximum absolute atomic E-state index is 12.8. The number of hydrogen-bond donors (Lipinski definition) is 1. The molecule has 1 unspecified atom stereocenters. The quantitative estimate of drug-likeness (QED) is 0.771. The maximum Gasteiger partial charge on any atom is 0.223 e. The fourth-order valence-corrected chi connectivity index (χ4v) is 3.76. The Morgan fingerprint density at radius 3 is 2.78 bits per heavy atom. The van der Waals surface area contributed by atoms with Crippen LogP contribution < -0.4 is 5.73 Å². The third-order valence-electron chi connectivity index (χ3n) is 5.11. The summed E-state index contributed by atoms with van der Waals surface area (Å²) in [5.41, 5.74) is 8.64. The molecular weight excluding hydrogens is 338 g/mol. The lowest BCUT2D eigenvalue weighted by Crippen LogP contribution is -2.31. The van der Waals surface area contributed by atoms with Crippen LogP contribution in [-0.2, 0) is 11.2 Å². The topological polar surface area (TPSA) is 85.0 Å². The van der Waals surface area contributed by atoms with Gasteiger partial charge in [0.2, 0.25) is 5.91 Å². The Balaban J connectivity index is 1.54. The smallest absolute Gasteiger partial charge is 0.223 e. The monoisotopic (exact) mass is 361 g/mol. The number of carbonyl (C=O) groups excluding carboxylic acids is 1. The lowest BCUT2D eigenvalue weighted by atomic mass is 10.1. The van der Waals surface area contributed by atoms with Crippen molar-refractivity contribution >= 4 is 22.8 Å². The van der Waals surface area contributed by atoms with Crippen LogP contribution in [-0.4, -0.2) is 32.3 Å². The highest BCUT2D eigenvalue weighted by atomic mass is 16.2. The largest absolute Gasteiger partial charge is 0.383 e. The highest BCUT2D eigenvalue weighted by molar-refractivity contribution is 5.85. The molecule has 1 aliphatic heterocycles. The van der Waals surface area contributed by atoms with Gasteiger partial charge in [-0.05, 0) is 43.9 Å². The molecule has 0 radical (unpaired) electrons. The number of likely N-dealkylation sites (tertiary alicyclic amines) is 1. The highest BCUT2D eigenvalue weighted by Gasteiger charge is 2.30. The normalized spacial score (nSPS) is 16.8. The van der Waals surface area contributed by atoms with Crippen molar-refractivity contribution in [3.63, 3.8) is 0 Å². The standard InChI is InChI=1S/C21H23N5O/c1-14-23-20(22)16-10-11-17(25-21(16)24-14)18-8-5-13-26(18)19(27)12-9-15-6-3-2-4-7-15/h2-4,6-7,10-11,18H,5,8-9,12-13H2,1H3,(H2,22,23,24,25). The van der Waals surface area contributed by atoms with Gasteiger partial charge in [-0.3, -0.25) is 4.79 Å². The number of rotatable bonds is 4. The van der Waals surface area contributed by atoms with E-state index in [-0.39, 0.29) is 11.9 Å². The Morgan fingerprint density at radius 2 is 1.96 bits per heavy atom. The van der Waals surface area contributed by atoms with Gasteiger partial charge >= 0.3 is 0 Å². The first-order valence-electron chi connectivity index (χ1n) is 9.36. The van der Waals surface area contributed by atoms with E-state index >= 15 is 0 Å². The Kier molecular flexibility index (Phi) is 4.71. The number of anilines is 1. The summed E-state index contributed by atoms with van der Waals surface area (Å²) in [4.78, 5) is 28.1. The number of aryl methyl sites for hydroxylation is 2. The second-order valence-corrected chi connectivity index (χ2v) is 6.99. The van der Waals surface area contributed by atoms with E-state index in [1.807, 2.05) is 35.2 Å². The van der Waals surface area contributed by atoms with Crippen molar-refractivity contribution in [1.82, 2.24) is 19.9 Å². The van der Waals surface area contributed by atoms with Gasteiger partial charge in [0, 0.05) is 13.0 Å². The molecule has 1 aromatic carbocycles. The molecule has 6 nitrogen and oxygen atoms in total. The molecular formula is C21H23N5O. The zero-order chi connectivity index (χ0) is 18.8. The van der Waals surface area contributed by atoms with Gasteiger partial charge in [-0.15, -0.1) is 0 Å². The van der Waals surface area contributed by atoms with Crippen LogP contribution in [0.15, 0.2) is 42.5 Å². The van der Waals surface area contributed by atoms with Crippen LogP contribution in [0.3, 0.4) is 0 Å². The van der Waals surface area contributed by atoms with E-state index in [4.69, 9.17) is 10.7 Å². The molecule has 1 fully saturated rings. The molecule has 1 aliphatic rings. The lowest BCUT2D eigenvalue weighted by Gasteiger charge is -2.24. The van der Waals surface area contributed by atoms with E-state index in [1.54, 1.807) is 6.92 Å². The van der Waals surface area contributed by atoms with Gasteiger partial charge < -0.3 is 10.6 Å². The van der Waals surface area contributed by atoms with Crippen LogP contribution in [0.2, 0.25) is 0 Å². The average molecular weight is 361 g/mol. The highest BCUT2D eigenvalue weighted by Crippen LogP contribution is 2.32. The molecule has 27 heavy (non-hydrogen) atoms. The molecule has 0 spiro atoms. The number of nitrogens with two attached hydrogens (primary N) is 1. The minimum Gasteiger partial charge on any atom is -0.383 e. The van der Waals surface area contributed by atoms with E-state index in [2.05, 4.69) is 22.1 Å². The SMILES string of the molecule is Cc1nc(N)c2ccc(C3CCCN3C(=O)CCc3ccccc3)nc2n1. The minimum atomic E-state index is 0.00849. The van der Waals surface area contributed by atoms with Crippen LogP contribution in [0.4, 0.5) is 5.82 Å². The molecule has 2 aromatic heterocycles. The van der Waals surface area contributed by atoms with E-state index in [0.29, 0.717) is 23.7 Å². The molecule has 6 heteroatoms. The van der Waals surface area contributed by atoms with E-state index < -0.39 is 0 Å². The molecule has 0 bridgehead atoms. The van der Waals surface area contributed by atoms with E-state index in [9.17, 15) is 4.79 Å². The second-order valence-electron chi connectivity index (χ2n) is 6.99. The van der Waals surface area contributed by atoms with Crippen molar-refractivity contribution in [2.24, 2.45) is 0 Å². The number of nitrogens with zero attached hydrogens (tertiary/aromatic N) is 4. The Bertz CT molecular complexity index is 973. The number of aromatic nitrogens is 3. The second kappa shape index (κ2) is 7.31. The van der Waals surface area contributed by atoms with Gasteiger partial charge in [0.15, 0.2) is 5.65 Å². The summed E-state index contributed by atoms with van der Waals surface area (Å²) in [6, 6.07) is 14.0. The first-order valence-corrected chi connectivity index (χ1v) is 9.36. The molecule has 3 aromatic rings. The summed E-state index contributed by atoms with van der Waals surface area (Å²) < 4.78 is 0. The van der Waals surface area contributed by atoms with Crippen molar-refractivity contribution < 1.29 is 4.79 Å². The Hall–Kier alpha value is -3.02. The van der Waals surface area contributed by atoms with E-state index in [1.165, 1.54) is 5.56 Å². The van der Waals surface area contributed by atoms with Gasteiger partial charge in [-0.1, -0.05) is 30.3 Å². The number of benzene rings is 1. The van der Waals surface area contributed by atoms with Gasteiger partial charge in [-0.2, -0.15) is 0 Å². The van der Waals surface area contributed by atoms with Crippen molar-refractivity contribution in [2.75, 3.05) is 12.3 Å². The predicted molar refractivity (Wildman–Crippen MR) is 105 cm³/mol. The van der Waals surface area contributed by atoms with Crippen LogP contribution in [0.25, 0.3) is 11.0 Å². The van der Waals surface area contributed by atoms with Gasteiger partial charge in [-0.25, -0.2) is 15.0 Å². The van der Waals surface area contributed by atoms with Crippen molar-refractivity contribution in [3.8, 4) is 0 Å². The van der Waals surface area contributed by atoms with Gasteiger partial charge in [0.25, 0.3) is 0 Å². The van der Waals surface area contributed by atoms with Crippen molar-refractivity contribution in [1.29, 1.82) is 0 Å². The summed E-state index contributed by atoms with van der Waals surface area (Å²) in [5, 5.41) is 0.754. The number of pyridine rings is 1. The molecule has 1 amide bonds. The zero-order valence-corrected chi connectivity index (χ0v) is 15.4. The number of fused-ring (bicyclic) bond motifs is 1. The third kappa shape index (κ3) is 3.60. The summed E-state index contributed by atoms with van der Waals surface area (Å²) in [6.45, 7) is 2.59. The molecule has 1 atom stereocenters. The van der Waals surface area contributed by atoms with Gasteiger partial charge in [0.1, 0.15) is 11.6 Å². The average Bonchev–Trinajstić information content (AvgIpc) is 3.16. The van der Waals surface area contributed by atoms with Crippen LogP contribution in [0.1, 0.15) is 42.4 Å². The number of amides is 1. The third-order valence-corrected chi connectivity index (χ3v) is 5.11. The number of hydrogen-bond acceptors (Lipinski definition) is 5.